The first-order valence-electron chi connectivity index (χ1n) is 6.15. The molecule has 0 unspecified atom stereocenters. The summed E-state index contributed by atoms with van der Waals surface area (Å²) < 4.78 is 4.67. The van der Waals surface area contributed by atoms with Crippen molar-refractivity contribution in [3.8, 4) is 0 Å². The van der Waals surface area contributed by atoms with E-state index in [1.165, 1.54) is 13.3 Å². The van der Waals surface area contributed by atoms with Crippen molar-refractivity contribution in [3.63, 3.8) is 0 Å². The van der Waals surface area contributed by atoms with Gasteiger partial charge in [-0.15, -0.1) is 0 Å². The fraction of sp³-hybridized carbons (Fsp3) is 0.462. The molecule has 1 aromatic heterocycles. The Morgan fingerprint density at radius 1 is 1.37 bits per heavy atom. The first kappa shape index (κ1) is 13.3. The molecule has 19 heavy (non-hydrogen) atoms. The van der Waals surface area contributed by atoms with Crippen LogP contribution in [0.4, 0.5) is 5.82 Å². The highest BCUT2D eigenvalue weighted by atomic mass is 16.5. The maximum Gasteiger partial charge on any atom is 0.339 e. The van der Waals surface area contributed by atoms with Crippen LogP contribution in [-0.2, 0) is 9.53 Å². The van der Waals surface area contributed by atoms with E-state index in [0.717, 1.165) is 30.9 Å². The van der Waals surface area contributed by atoms with Gasteiger partial charge in [-0.3, -0.25) is 4.79 Å². The smallest absolute Gasteiger partial charge is 0.339 e. The summed E-state index contributed by atoms with van der Waals surface area (Å²) in [6.45, 7) is 4.82. The number of aryl methyl sites for hydroxylation is 1. The maximum absolute atomic E-state index is 11.4. The highest BCUT2D eigenvalue weighted by molar-refractivity contribution is 5.89. The average Bonchev–Trinajstić information content (AvgIpc) is 2.46. The number of ether oxygens (including phenoxy) is 1. The molecule has 1 saturated heterocycles. The Labute approximate surface area is 112 Å². The molecule has 0 atom stereocenters. The van der Waals surface area contributed by atoms with E-state index in [0.29, 0.717) is 18.7 Å². The summed E-state index contributed by atoms with van der Waals surface area (Å²) in [6, 6.07) is 1.78. The first-order valence-corrected chi connectivity index (χ1v) is 6.15. The zero-order valence-electron chi connectivity index (χ0n) is 11.1. The minimum Gasteiger partial charge on any atom is -0.465 e. The number of carbonyl (C=O) groups is 2. The molecular weight excluding hydrogens is 246 g/mol. The van der Waals surface area contributed by atoms with Crippen LogP contribution in [0.2, 0.25) is 0 Å². The van der Waals surface area contributed by atoms with Crippen LogP contribution in [0.1, 0.15) is 15.9 Å². The van der Waals surface area contributed by atoms with E-state index in [1.54, 1.807) is 11.0 Å². The predicted octanol–water partition coefficient (Wildman–Crippen LogP) is 0.455. The topological polar surface area (TPSA) is 62.7 Å². The van der Waals surface area contributed by atoms with E-state index in [-0.39, 0.29) is 5.97 Å². The number of carbonyl (C=O) groups excluding carboxylic acids is 2. The van der Waals surface area contributed by atoms with Gasteiger partial charge in [0, 0.05) is 32.4 Å². The summed E-state index contributed by atoms with van der Waals surface area (Å²) in [7, 11) is 1.35. The van der Waals surface area contributed by atoms with Gasteiger partial charge in [0.2, 0.25) is 6.41 Å². The molecule has 102 valence electrons. The van der Waals surface area contributed by atoms with Crippen LogP contribution in [-0.4, -0.2) is 55.6 Å². The summed E-state index contributed by atoms with van der Waals surface area (Å²) in [5.41, 5.74) is 1.39. The summed E-state index contributed by atoms with van der Waals surface area (Å²) >= 11 is 0. The molecular formula is C13H17N3O3. The average molecular weight is 263 g/mol. The van der Waals surface area contributed by atoms with E-state index in [4.69, 9.17) is 0 Å². The minimum absolute atomic E-state index is 0.382. The largest absolute Gasteiger partial charge is 0.465 e. The van der Waals surface area contributed by atoms with Crippen molar-refractivity contribution >= 4 is 18.2 Å². The lowest BCUT2D eigenvalue weighted by molar-refractivity contribution is -0.118. The Kier molecular flexibility index (Phi) is 3.99. The van der Waals surface area contributed by atoms with Crippen LogP contribution in [0, 0.1) is 6.92 Å². The third-order valence-corrected chi connectivity index (χ3v) is 3.23. The molecule has 0 aromatic carbocycles. The second kappa shape index (κ2) is 5.69. The number of aromatic nitrogens is 1. The Bertz CT molecular complexity index is 482. The van der Waals surface area contributed by atoms with Gasteiger partial charge in [0.15, 0.2) is 0 Å². The minimum atomic E-state index is -0.382. The predicted molar refractivity (Wildman–Crippen MR) is 70.2 cm³/mol. The number of methoxy groups -OCH3 is 1. The lowest BCUT2D eigenvalue weighted by Gasteiger charge is -2.34. The maximum atomic E-state index is 11.4. The number of anilines is 1. The van der Waals surface area contributed by atoms with Crippen molar-refractivity contribution in [2.45, 2.75) is 6.92 Å². The molecule has 1 aromatic rings. The summed E-state index contributed by atoms with van der Waals surface area (Å²) in [4.78, 5) is 30.3. The van der Waals surface area contributed by atoms with E-state index in [2.05, 4.69) is 14.6 Å². The van der Waals surface area contributed by atoms with E-state index in [1.807, 2.05) is 6.92 Å². The zero-order valence-corrected chi connectivity index (χ0v) is 11.1. The SMILES string of the molecule is COC(=O)c1cnc(N2CCN(C=O)CC2)c(C)c1. The highest BCUT2D eigenvalue weighted by Gasteiger charge is 2.19. The second-order valence-electron chi connectivity index (χ2n) is 4.48. The molecule has 0 bridgehead atoms. The number of hydrogen-bond acceptors (Lipinski definition) is 5. The number of esters is 1. The fourth-order valence-electron chi connectivity index (χ4n) is 2.17. The van der Waals surface area contributed by atoms with Crippen molar-refractivity contribution in [2.24, 2.45) is 0 Å². The molecule has 6 heteroatoms. The van der Waals surface area contributed by atoms with Crippen LogP contribution in [0.25, 0.3) is 0 Å². The van der Waals surface area contributed by atoms with Gasteiger partial charge in [-0.05, 0) is 18.6 Å². The highest BCUT2D eigenvalue weighted by Crippen LogP contribution is 2.19. The van der Waals surface area contributed by atoms with E-state index in [9.17, 15) is 9.59 Å². The number of hydrogen-bond donors (Lipinski definition) is 0. The molecule has 1 aliphatic rings. The molecule has 0 spiro atoms. The Morgan fingerprint density at radius 2 is 2.05 bits per heavy atom. The third kappa shape index (κ3) is 2.83. The normalized spacial score (nSPS) is 15.3. The molecule has 1 fully saturated rings. The molecule has 0 N–H and O–H groups in total. The number of nitrogens with zero attached hydrogens (tertiary/aromatic N) is 3. The van der Waals surface area contributed by atoms with Crippen LogP contribution < -0.4 is 4.90 Å². The number of amides is 1. The molecule has 0 aliphatic carbocycles. The van der Waals surface area contributed by atoms with Crippen LogP contribution >= 0.6 is 0 Å². The monoisotopic (exact) mass is 263 g/mol. The standard InChI is InChI=1S/C13H17N3O3/c1-10-7-11(13(18)19-2)8-14-12(10)16-5-3-15(9-17)4-6-16/h7-9H,3-6H2,1-2H3. The van der Waals surface area contributed by atoms with Crippen molar-refractivity contribution in [1.82, 2.24) is 9.88 Å². The van der Waals surface area contributed by atoms with Gasteiger partial charge >= 0.3 is 5.97 Å². The van der Waals surface area contributed by atoms with Crippen molar-refractivity contribution < 1.29 is 14.3 Å². The van der Waals surface area contributed by atoms with E-state index >= 15 is 0 Å². The lowest BCUT2D eigenvalue weighted by Crippen LogP contribution is -2.46. The molecule has 1 aliphatic heterocycles. The zero-order chi connectivity index (χ0) is 13.8. The van der Waals surface area contributed by atoms with Crippen molar-refractivity contribution in [3.05, 3.63) is 23.4 Å². The number of pyridine rings is 1. The first-order chi connectivity index (χ1) is 9.15. The molecule has 6 nitrogen and oxygen atoms in total. The van der Waals surface area contributed by atoms with E-state index < -0.39 is 0 Å². The number of rotatable bonds is 3. The Balaban J connectivity index is 2.13. The Hall–Kier alpha value is -2.11. The van der Waals surface area contributed by atoms with Gasteiger partial charge in [-0.2, -0.15) is 0 Å². The van der Waals surface area contributed by atoms with Crippen molar-refractivity contribution in [2.75, 3.05) is 38.2 Å². The van der Waals surface area contributed by atoms with Crippen molar-refractivity contribution in [1.29, 1.82) is 0 Å². The van der Waals surface area contributed by atoms with Gasteiger partial charge < -0.3 is 14.5 Å². The summed E-state index contributed by atoms with van der Waals surface area (Å²) in [5.74, 6) is 0.478. The third-order valence-electron chi connectivity index (χ3n) is 3.23. The molecule has 1 amide bonds. The van der Waals surface area contributed by atoms with Gasteiger partial charge in [0.1, 0.15) is 5.82 Å². The van der Waals surface area contributed by atoms with Crippen LogP contribution in [0.3, 0.4) is 0 Å². The second-order valence-corrected chi connectivity index (χ2v) is 4.48. The summed E-state index contributed by atoms with van der Waals surface area (Å²) in [6.07, 6.45) is 2.40. The molecule has 0 saturated carbocycles. The van der Waals surface area contributed by atoms with Crippen LogP contribution in [0.15, 0.2) is 12.3 Å². The van der Waals surface area contributed by atoms with Gasteiger partial charge in [-0.25, -0.2) is 9.78 Å². The van der Waals surface area contributed by atoms with Gasteiger partial charge in [0.25, 0.3) is 0 Å². The fourth-order valence-corrected chi connectivity index (χ4v) is 2.17. The molecule has 2 heterocycles. The van der Waals surface area contributed by atoms with Gasteiger partial charge in [0.05, 0.1) is 12.7 Å². The Morgan fingerprint density at radius 3 is 2.58 bits per heavy atom. The van der Waals surface area contributed by atoms with Gasteiger partial charge in [-0.1, -0.05) is 0 Å². The quantitative estimate of drug-likeness (QED) is 0.585. The number of piperazine rings is 1. The molecule has 2 rings (SSSR count). The molecule has 0 radical (unpaired) electrons. The van der Waals surface area contributed by atoms with Crippen LogP contribution in [0.5, 0.6) is 0 Å². The lowest BCUT2D eigenvalue weighted by atomic mass is 10.2. The summed E-state index contributed by atoms with van der Waals surface area (Å²) in [5, 5.41) is 0.